The van der Waals surface area contributed by atoms with Gasteiger partial charge in [-0.2, -0.15) is 0 Å². The van der Waals surface area contributed by atoms with Gasteiger partial charge in [0.2, 0.25) is 0 Å². The first-order valence-corrected chi connectivity index (χ1v) is 10.2. The lowest BCUT2D eigenvalue weighted by Gasteiger charge is -2.19. The highest BCUT2D eigenvalue weighted by Gasteiger charge is 2.41. The van der Waals surface area contributed by atoms with E-state index in [4.69, 9.17) is 4.74 Å². The Balaban J connectivity index is 1.86. The van der Waals surface area contributed by atoms with Crippen LogP contribution in [0.3, 0.4) is 0 Å². The number of hydrogen-bond donors (Lipinski definition) is 1. The molecular weight excluding hydrogens is 407 g/mol. The second kappa shape index (κ2) is 8.30. The third-order valence-electron chi connectivity index (χ3n) is 5.57. The molecule has 2 amide bonds. The van der Waals surface area contributed by atoms with E-state index in [1.165, 1.54) is 31.4 Å². The monoisotopic (exact) mass is 430 g/mol. The van der Waals surface area contributed by atoms with Crippen LogP contribution in [0.15, 0.2) is 66.4 Å². The third-order valence-corrected chi connectivity index (χ3v) is 5.57. The molecule has 0 radical (unpaired) electrons. The van der Waals surface area contributed by atoms with Crippen LogP contribution in [0.4, 0.5) is 15.8 Å². The number of carbonyl (C=O) groups is 2. The minimum Gasteiger partial charge on any atom is -0.495 e. The smallest absolute Gasteiger partial charge is 0.282 e. The summed E-state index contributed by atoms with van der Waals surface area (Å²) in [4.78, 5) is 28.2. The van der Waals surface area contributed by atoms with Crippen molar-refractivity contribution in [2.24, 2.45) is 0 Å². The highest BCUT2D eigenvalue weighted by atomic mass is 19.1. The molecule has 0 saturated heterocycles. The predicted octanol–water partition coefficient (Wildman–Crippen LogP) is 5.16. The maximum Gasteiger partial charge on any atom is 0.282 e. The Morgan fingerprint density at radius 1 is 0.844 bits per heavy atom. The minimum absolute atomic E-state index is 0.133. The topological polar surface area (TPSA) is 58.6 Å². The molecule has 4 rings (SSSR count). The molecule has 162 valence electrons. The quantitative estimate of drug-likeness (QED) is 0.569. The van der Waals surface area contributed by atoms with Gasteiger partial charge in [-0.3, -0.25) is 9.59 Å². The highest BCUT2D eigenvalue weighted by Crippen LogP contribution is 2.38. The molecule has 0 aliphatic carbocycles. The van der Waals surface area contributed by atoms with Crippen LogP contribution in [0.25, 0.3) is 5.57 Å². The number of methoxy groups -OCH3 is 1. The number of anilines is 2. The van der Waals surface area contributed by atoms with E-state index in [0.29, 0.717) is 22.7 Å². The normalized spacial score (nSPS) is 13.7. The van der Waals surface area contributed by atoms with Gasteiger partial charge in [0, 0.05) is 5.69 Å². The van der Waals surface area contributed by atoms with Crippen molar-refractivity contribution in [3.05, 3.63) is 94.4 Å². The zero-order valence-electron chi connectivity index (χ0n) is 18.3. The van der Waals surface area contributed by atoms with Crippen LogP contribution in [0.5, 0.6) is 5.75 Å². The molecule has 0 spiro atoms. The van der Waals surface area contributed by atoms with E-state index in [9.17, 15) is 14.0 Å². The lowest BCUT2D eigenvalue weighted by atomic mass is 10.0. The molecule has 3 aromatic carbocycles. The number of aryl methyl sites for hydroxylation is 3. The van der Waals surface area contributed by atoms with Gasteiger partial charge < -0.3 is 10.1 Å². The van der Waals surface area contributed by atoms with E-state index < -0.39 is 17.6 Å². The average Bonchev–Trinajstić information content (AvgIpc) is 3.00. The van der Waals surface area contributed by atoms with Crippen LogP contribution in [0.1, 0.15) is 22.3 Å². The van der Waals surface area contributed by atoms with E-state index >= 15 is 0 Å². The SMILES string of the molecule is COc1ccc(C)cc1N1C(=O)C(Nc2ccc(C)c(C)c2)=C(c2ccc(F)cc2)C1=O. The van der Waals surface area contributed by atoms with Gasteiger partial charge in [-0.15, -0.1) is 0 Å². The summed E-state index contributed by atoms with van der Waals surface area (Å²) in [5.41, 5.74) is 4.84. The molecule has 0 aromatic heterocycles. The summed E-state index contributed by atoms with van der Waals surface area (Å²) in [7, 11) is 1.49. The molecule has 5 nitrogen and oxygen atoms in total. The molecule has 0 unspecified atom stereocenters. The number of carbonyl (C=O) groups excluding carboxylic acids is 2. The first-order valence-electron chi connectivity index (χ1n) is 10.2. The Bertz CT molecular complexity index is 1260. The molecule has 1 heterocycles. The van der Waals surface area contributed by atoms with E-state index in [-0.39, 0.29) is 11.3 Å². The maximum atomic E-state index is 13.6. The van der Waals surface area contributed by atoms with Gasteiger partial charge in [-0.05, 0) is 79.4 Å². The predicted molar refractivity (Wildman–Crippen MR) is 123 cm³/mol. The molecule has 3 aromatic rings. The summed E-state index contributed by atoms with van der Waals surface area (Å²) in [5, 5.41) is 3.14. The first kappa shape index (κ1) is 21.3. The number of halogens is 1. The Labute approximate surface area is 186 Å². The molecule has 0 bridgehead atoms. The van der Waals surface area contributed by atoms with Crippen LogP contribution in [0.2, 0.25) is 0 Å². The van der Waals surface area contributed by atoms with Gasteiger partial charge in [0.25, 0.3) is 11.8 Å². The lowest BCUT2D eigenvalue weighted by Crippen LogP contribution is -2.32. The first-order chi connectivity index (χ1) is 15.3. The van der Waals surface area contributed by atoms with Gasteiger partial charge >= 0.3 is 0 Å². The molecule has 0 saturated carbocycles. The largest absolute Gasteiger partial charge is 0.495 e. The fraction of sp³-hybridized carbons (Fsp3) is 0.154. The summed E-state index contributed by atoms with van der Waals surface area (Å²) in [6.07, 6.45) is 0. The second-order valence-corrected chi connectivity index (χ2v) is 7.80. The molecule has 1 N–H and O–H groups in total. The molecular formula is C26H23FN2O3. The maximum absolute atomic E-state index is 13.6. The highest BCUT2D eigenvalue weighted by molar-refractivity contribution is 6.46. The van der Waals surface area contributed by atoms with Crippen molar-refractivity contribution in [1.82, 2.24) is 0 Å². The Morgan fingerprint density at radius 2 is 1.56 bits per heavy atom. The number of ether oxygens (including phenoxy) is 1. The zero-order valence-corrected chi connectivity index (χ0v) is 18.3. The van der Waals surface area contributed by atoms with Crippen molar-refractivity contribution in [2.75, 3.05) is 17.3 Å². The third kappa shape index (κ3) is 3.75. The molecule has 6 heteroatoms. The van der Waals surface area contributed by atoms with Crippen molar-refractivity contribution in [3.8, 4) is 5.75 Å². The van der Waals surface area contributed by atoms with Gasteiger partial charge in [0.15, 0.2) is 0 Å². The van der Waals surface area contributed by atoms with E-state index in [0.717, 1.165) is 21.6 Å². The molecule has 1 aliphatic rings. The number of amides is 2. The molecule has 0 fully saturated rings. The van der Waals surface area contributed by atoms with E-state index in [1.807, 2.05) is 45.0 Å². The van der Waals surface area contributed by atoms with Crippen molar-refractivity contribution >= 4 is 28.8 Å². The summed E-state index contributed by atoms with van der Waals surface area (Å²) in [6, 6.07) is 16.5. The summed E-state index contributed by atoms with van der Waals surface area (Å²) in [6.45, 7) is 5.84. The number of nitrogens with one attached hydrogen (secondary N) is 1. The van der Waals surface area contributed by atoms with Crippen LogP contribution >= 0.6 is 0 Å². The van der Waals surface area contributed by atoms with Gasteiger partial charge in [0.1, 0.15) is 17.3 Å². The molecule has 32 heavy (non-hydrogen) atoms. The van der Waals surface area contributed by atoms with Gasteiger partial charge in [-0.1, -0.05) is 24.3 Å². The average molecular weight is 430 g/mol. The molecule has 0 atom stereocenters. The Hall–Kier alpha value is -3.93. The standard InChI is InChI=1S/C26H23FN2O3/c1-15-5-12-22(32-4)21(13-15)29-25(30)23(18-7-9-19(27)10-8-18)24(26(29)31)28-20-11-6-16(2)17(3)14-20/h5-14,28H,1-4H3. The zero-order chi connectivity index (χ0) is 23.0. The summed E-state index contributed by atoms with van der Waals surface area (Å²) in [5.74, 6) is -1.02. The molecule has 1 aliphatic heterocycles. The van der Waals surface area contributed by atoms with Crippen molar-refractivity contribution in [3.63, 3.8) is 0 Å². The lowest BCUT2D eigenvalue weighted by molar-refractivity contribution is -0.120. The minimum atomic E-state index is -0.503. The number of hydrogen-bond acceptors (Lipinski definition) is 4. The van der Waals surface area contributed by atoms with Gasteiger partial charge in [-0.25, -0.2) is 9.29 Å². The summed E-state index contributed by atoms with van der Waals surface area (Å²) >= 11 is 0. The van der Waals surface area contributed by atoms with Crippen LogP contribution in [-0.4, -0.2) is 18.9 Å². The number of imide groups is 1. The number of benzene rings is 3. The number of nitrogens with zero attached hydrogens (tertiary/aromatic N) is 1. The fourth-order valence-electron chi connectivity index (χ4n) is 3.69. The van der Waals surface area contributed by atoms with Crippen LogP contribution in [-0.2, 0) is 9.59 Å². The number of rotatable bonds is 5. The van der Waals surface area contributed by atoms with Gasteiger partial charge in [0.05, 0.1) is 18.4 Å². The second-order valence-electron chi connectivity index (χ2n) is 7.80. The van der Waals surface area contributed by atoms with Crippen molar-refractivity contribution < 1.29 is 18.7 Å². The van der Waals surface area contributed by atoms with Crippen LogP contribution < -0.4 is 15.0 Å². The fourth-order valence-corrected chi connectivity index (χ4v) is 3.69. The summed E-state index contributed by atoms with van der Waals surface area (Å²) < 4.78 is 19.0. The Kier molecular flexibility index (Phi) is 5.53. The van der Waals surface area contributed by atoms with Crippen LogP contribution in [0, 0.1) is 26.6 Å². The van der Waals surface area contributed by atoms with Crippen molar-refractivity contribution in [2.45, 2.75) is 20.8 Å². The van der Waals surface area contributed by atoms with E-state index in [2.05, 4.69) is 5.32 Å². The van der Waals surface area contributed by atoms with E-state index in [1.54, 1.807) is 12.1 Å². The van der Waals surface area contributed by atoms with Crippen molar-refractivity contribution in [1.29, 1.82) is 0 Å². The Morgan fingerprint density at radius 3 is 2.22 bits per heavy atom.